The fourth-order valence-electron chi connectivity index (χ4n) is 2.99. The number of thiophene rings is 1. The summed E-state index contributed by atoms with van der Waals surface area (Å²) in [5, 5.41) is 21.1. The van der Waals surface area contributed by atoms with E-state index in [4.69, 9.17) is 19.9 Å². The molecular weight excluding hydrogens is 452 g/mol. The standard InChI is InChI=1S/C19H18N8O5S/c1-29-11-7-6-10(15(30-2)16(11)31-3)9-21-23-19(28)13-14(12-5-4-8-33-12)27(26-22-13)18-17(20)24-32-25-18/h4-9H,1-3H3,(H2,20,24)(H,23,28). The Morgan fingerprint density at radius 3 is 2.64 bits per heavy atom. The van der Waals surface area contributed by atoms with Crippen LogP contribution in [0.15, 0.2) is 39.4 Å². The number of aromatic nitrogens is 5. The summed E-state index contributed by atoms with van der Waals surface area (Å²) in [6.07, 6.45) is 1.41. The SMILES string of the molecule is COc1ccc(C=NNC(=O)c2nnn(-c3nonc3N)c2-c2cccs2)c(OC)c1OC. The molecule has 1 aromatic carbocycles. The molecule has 0 aliphatic rings. The predicted molar refractivity (Wildman–Crippen MR) is 118 cm³/mol. The van der Waals surface area contributed by atoms with Crippen LogP contribution in [-0.4, -0.2) is 58.8 Å². The maximum atomic E-state index is 12.9. The van der Waals surface area contributed by atoms with E-state index < -0.39 is 5.91 Å². The van der Waals surface area contributed by atoms with Gasteiger partial charge < -0.3 is 19.9 Å². The van der Waals surface area contributed by atoms with Crippen molar-refractivity contribution in [2.45, 2.75) is 0 Å². The largest absolute Gasteiger partial charge is 0.493 e. The quantitative estimate of drug-likeness (QED) is 0.286. The van der Waals surface area contributed by atoms with E-state index in [0.717, 1.165) is 0 Å². The van der Waals surface area contributed by atoms with Crippen LogP contribution < -0.4 is 25.4 Å². The third-order valence-corrected chi connectivity index (χ3v) is 5.32. The molecule has 3 aromatic heterocycles. The number of carbonyl (C=O) groups is 1. The number of benzene rings is 1. The summed E-state index contributed by atoms with van der Waals surface area (Å²) in [5.41, 5.74) is 9.16. The Bertz CT molecular complexity index is 1300. The highest BCUT2D eigenvalue weighted by molar-refractivity contribution is 7.13. The van der Waals surface area contributed by atoms with Gasteiger partial charge in [-0.1, -0.05) is 11.3 Å². The molecule has 0 aliphatic carbocycles. The van der Waals surface area contributed by atoms with E-state index in [9.17, 15) is 4.79 Å². The summed E-state index contributed by atoms with van der Waals surface area (Å²) in [4.78, 5) is 13.6. The third-order valence-electron chi connectivity index (χ3n) is 4.44. The van der Waals surface area contributed by atoms with Crippen LogP contribution in [0.25, 0.3) is 16.4 Å². The van der Waals surface area contributed by atoms with E-state index in [2.05, 4.69) is 35.8 Å². The topological polar surface area (TPSA) is 165 Å². The summed E-state index contributed by atoms with van der Waals surface area (Å²) in [7, 11) is 4.51. The van der Waals surface area contributed by atoms with Crippen molar-refractivity contribution in [1.29, 1.82) is 0 Å². The lowest BCUT2D eigenvalue weighted by Gasteiger charge is -2.13. The van der Waals surface area contributed by atoms with Crippen LogP contribution in [0.3, 0.4) is 0 Å². The molecule has 0 radical (unpaired) electrons. The fourth-order valence-corrected chi connectivity index (χ4v) is 3.75. The molecule has 4 rings (SSSR count). The van der Waals surface area contributed by atoms with E-state index >= 15 is 0 Å². The second kappa shape index (κ2) is 9.35. The van der Waals surface area contributed by atoms with Gasteiger partial charge in [0, 0.05) is 5.56 Å². The number of nitrogen functional groups attached to an aromatic ring is 1. The smallest absolute Gasteiger partial charge is 0.294 e. The molecule has 170 valence electrons. The molecule has 0 atom stereocenters. The number of carbonyl (C=O) groups excluding carboxylic acids is 1. The molecular formula is C19H18N8O5S. The molecule has 33 heavy (non-hydrogen) atoms. The normalized spacial score (nSPS) is 11.0. The number of ether oxygens (including phenoxy) is 3. The highest BCUT2D eigenvalue weighted by atomic mass is 32.1. The Morgan fingerprint density at radius 2 is 2.00 bits per heavy atom. The molecule has 13 nitrogen and oxygen atoms in total. The van der Waals surface area contributed by atoms with E-state index in [1.807, 2.05) is 11.4 Å². The van der Waals surface area contributed by atoms with Crippen LogP contribution in [0.1, 0.15) is 16.1 Å². The minimum atomic E-state index is -0.602. The van der Waals surface area contributed by atoms with Crippen molar-refractivity contribution in [2.75, 3.05) is 27.1 Å². The molecule has 0 saturated carbocycles. The highest BCUT2D eigenvalue weighted by Gasteiger charge is 2.25. The van der Waals surface area contributed by atoms with Crippen molar-refractivity contribution >= 4 is 29.3 Å². The number of anilines is 1. The summed E-state index contributed by atoms with van der Waals surface area (Å²) in [5.74, 6) is 0.808. The molecule has 0 bridgehead atoms. The molecule has 1 amide bonds. The van der Waals surface area contributed by atoms with Crippen LogP contribution in [0.5, 0.6) is 17.2 Å². The molecule has 4 aromatic rings. The molecule has 0 unspecified atom stereocenters. The average molecular weight is 470 g/mol. The fraction of sp³-hybridized carbons (Fsp3) is 0.158. The van der Waals surface area contributed by atoms with Gasteiger partial charge in [0.1, 0.15) is 5.69 Å². The Balaban J connectivity index is 1.64. The van der Waals surface area contributed by atoms with Gasteiger partial charge in [-0.2, -0.15) is 9.78 Å². The van der Waals surface area contributed by atoms with E-state index in [1.54, 1.807) is 18.2 Å². The number of nitrogens with one attached hydrogen (secondary N) is 1. The first-order chi connectivity index (χ1) is 16.1. The van der Waals surface area contributed by atoms with Gasteiger partial charge in [0.05, 0.1) is 32.4 Å². The number of hydrazone groups is 1. The third kappa shape index (κ3) is 4.06. The van der Waals surface area contributed by atoms with Crippen molar-refractivity contribution in [1.82, 2.24) is 30.7 Å². The first-order valence-electron chi connectivity index (χ1n) is 9.29. The minimum absolute atomic E-state index is 0.00299. The van der Waals surface area contributed by atoms with Gasteiger partial charge in [0.15, 0.2) is 17.2 Å². The maximum Gasteiger partial charge on any atom is 0.294 e. The lowest BCUT2D eigenvalue weighted by molar-refractivity contribution is 0.0950. The van der Waals surface area contributed by atoms with E-state index in [-0.39, 0.29) is 17.3 Å². The summed E-state index contributed by atoms with van der Waals surface area (Å²) >= 11 is 1.38. The van der Waals surface area contributed by atoms with Gasteiger partial charge in [-0.05, 0) is 33.9 Å². The lowest BCUT2D eigenvalue weighted by atomic mass is 10.2. The maximum absolute atomic E-state index is 12.9. The second-order valence-electron chi connectivity index (χ2n) is 6.27. The molecule has 0 saturated heterocycles. The summed E-state index contributed by atoms with van der Waals surface area (Å²) < 4.78 is 22.0. The average Bonchev–Trinajstić information content (AvgIpc) is 3.58. The number of nitrogens with two attached hydrogens (primary N) is 1. The number of amides is 1. The monoisotopic (exact) mass is 470 g/mol. The summed E-state index contributed by atoms with van der Waals surface area (Å²) in [6.45, 7) is 0. The zero-order valence-corrected chi connectivity index (χ0v) is 18.5. The lowest BCUT2D eigenvalue weighted by Crippen LogP contribution is -2.19. The van der Waals surface area contributed by atoms with Gasteiger partial charge >= 0.3 is 0 Å². The highest BCUT2D eigenvalue weighted by Crippen LogP contribution is 2.39. The van der Waals surface area contributed by atoms with Crippen LogP contribution in [-0.2, 0) is 0 Å². The van der Waals surface area contributed by atoms with Crippen molar-refractivity contribution in [3.63, 3.8) is 0 Å². The Labute approximate surface area is 190 Å². The molecule has 14 heteroatoms. The van der Waals surface area contributed by atoms with Crippen LogP contribution >= 0.6 is 11.3 Å². The number of hydrogen-bond donors (Lipinski definition) is 2. The first kappa shape index (κ1) is 21.8. The van der Waals surface area contributed by atoms with Gasteiger partial charge in [0.2, 0.25) is 17.4 Å². The Kier molecular flexibility index (Phi) is 6.17. The van der Waals surface area contributed by atoms with E-state index in [0.29, 0.717) is 33.4 Å². The number of nitrogens with zero attached hydrogens (tertiary/aromatic N) is 6. The Hall–Kier alpha value is -4.46. The zero-order valence-electron chi connectivity index (χ0n) is 17.7. The zero-order chi connectivity index (χ0) is 23.4. The van der Waals surface area contributed by atoms with Gasteiger partial charge in [-0.25, -0.2) is 10.1 Å². The van der Waals surface area contributed by atoms with Gasteiger partial charge in [0.25, 0.3) is 5.91 Å². The second-order valence-corrected chi connectivity index (χ2v) is 7.22. The van der Waals surface area contributed by atoms with Crippen LogP contribution in [0, 0.1) is 0 Å². The molecule has 0 fully saturated rings. The molecule has 0 aliphatic heterocycles. The van der Waals surface area contributed by atoms with Crippen LogP contribution in [0.4, 0.5) is 5.82 Å². The van der Waals surface area contributed by atoms with Crippen molar-refractivity contribution in [2.24, 2.45) is 5.10 Å². The number of hydrogen-bond acceptors (Lipinski definition) is 12. The molecule has 3 N–H and O–H groups in total. The van der Waals surface area contributed by atoms with Gasteiger partial charge in [-0.3, -0.25) is 4.79 Å². The first-order valence-corrected chi connectivity index (χ1v) is 10.2. The molecule has 0 spiro atoms. The van der Waals surface area contributed by atoms with Gasteiger partial charge in [-0.15, -0.1) is 16.4 Å². The predicted octanol–water partition coefficient (Wildman–Crippen LogP) is 1.75. The van der Waals surface area contributed by atoms with Crippen molar-refractivity contribution < 1.29 is 23.6 Å². The van der Waals surface area contributed by atoms with Crippen LogP contribution in [0.2, 0.25) is 0 Å². The minimum Gasteiger partial charge on any atom is -0.493 e. The summed E-state index contributed by atoms with van der Waals surface area (Å²) in [6, 6.07) is 7.04. The van der Waals surface area contributed by atoms with Crippen molar-refractivity contribution in [3.8, 4) is 33.6 Å². The number of rotatable bonds is 8. The Morgan fingerprint density at radius 1 is 1.18 bits per heavy atom. The van der Waals surface area contributed by atoms with E-state index in [1.165, 1.54) is 43.6 Å². The number of methoxy groups -OCH3 is 3. The molecule has 3 heterocycles. The van der Waals surface area contributed by atoms with Crippen molar-refractivity contribution in [3.05, 3.63) is 40.9 Å².